The molecule has 21 heavy (non-hydrogen) atoms. The molecule has 0 aliphatic rings. The molecule has 2 aromatic rings. The van der Waals surface area contributed by atoms with Crippen LogP contribution >= 0.6 is 0 Å². The maximum Gasteiger partial charge on any atom is 0.251 e. The average molecular weight is 285 g/mol. The Bertz CT molecular complexity index is 646. The van der Waals surface area contributed by atoms with Crippen LogP contribution in [0.1, 0.15) is 36.5 Å². The van der Waals surface area contributed by atoms with Crippen LogP contribution in [-0.4, -0.2) is 16.5 Å². The molecule has 0 spiro atoms. The number of aromatic amines is 1. The van der Waals surface area contributed by atoms with E-state index in [2.05, 4.69) is 54.3 Å². The van der Waals surface area contributed by atoms with Crippen LogP contribution in [0, 0.1) is 12.8 Å². The highest BCUT2D eigenvalue weighted by molar-refractivity contribution is 5.25. The van der Waals surface area contributed by atoms with Crippen LogP contribution in [0.5, 0.6) is 0 Å². The molecule has 0 aliphatic heterocycles. The number of nitrogens with zero attached hydrogens (tertiary/aromatic N) is 1. The Balaban J connectivity index is 2.09. The topological polar surface area (TPSA) is 57.8 Å². The third-order valence-corrected chi connectivity index (χ3v) is 3.16. The largest absolute Gasteiger partial charge is 0.311 e. The molecule has 0 fully saturated rings. The first-order valence-electron chi connectivity index (χ1n) is 7.38. The van der Waals surface area contributed by atoms with Crippen molar-refractivity contribution in [3.63, 3.8) is 0 Å². The molecule has 0 amide bonds. The van der Waals surface area contributed by atoms with Gasteiger partial charge in [0.1, 0.15) is 5.82 Å². The summed E-state index contributed by atoms with van der Waals surface area (Å²) in [5.41, 5.74) is 3.08. The van der Waals surface area contributed by atoms with E-state index in [-0.39, 0.29) is 5.56 Å². The molecule has 0 atom stereocenters. The fraction of sp³-hybridized carbons (Fsp3) is 0.412. The Kier molecular flexibility index (Phi) is 5.28. The van der Waals surface area contributed by atoms with E-state index in [4.69, 9.17) is 0 Å². The number of aryl methyl sites for hydroxylation is 1. The zero-order chi connectivity index (χ0) is 15.2. The second kappa shape index (κ2) is 7.18. The molecule has 0 bridgehead atoms. The summed E-state index contributed by atoms with van der Waals surface area (Å²) in [7, 11) is 0. The molecular formula is C17H23N3O. The van der Waals surface area contributed by atoms with Crippen LogP contribution in [0.3, 0.4) is 0 Å². The molecule has 0 radical (unpaired) electrons. The van der Waals surface area contributed by atoms with Crippen molar-refractivity contribution in [2.45, 2.75) is 33.7 Å². The van der Waals surface area contributed by atoms with E-state index in [9.17, 15) is 4.79 Å². The molecule has 1 aromatic carbocycles. The monoisotopic (exact) mass is 285 g/mol. The molecular weight excluding hydrogens is 262 g/mol. The maximum absolute atomic E-state index is 11.7. The number of benzene rings is 1. The van der Waals surface area contributed by atoms with Crippen LogP contribution < -0.4 is 10.9 Å². The highest BCUT2D eigenvalue weighted by Gasteiger charge is 2.04. The van der Waals surface area contributed by atoms with Gasteiger partial charge >= 0.3 is 0 Å². The van der Waals surface area contributed by atoms with Gasteiger partial charge in [-0.05, 0) is 24.9 Å². The average Bonchev–Trinajstić information content (AvgIpc) is 2.37. The van der Waals surface area contributed by atoms with E-state index in [1.807, 2.05) is 6.07 Å². The molecule has 1 heterocycles. The second-order valence-corrected chi connectivity index (χ2v) is 5.87. The second-order valence-electron chi connectivity index (χ2n) is 5.87. The van der Waals surface area contributed by atoms with Crippen molar-refractivity contribution in [3.05, 3.63) is 63.3 Å². The molecule has 0 aliphatic carbocycles. The van der Waals surface area contributed by atoms with Gasteiger partial charge in [0, 0.05) is 19.0 Å². The highest BCUT2D eigenvalue weighted by Crippen LogP contribution is 2.07. The number of hydrogen-bond donors (Lipinski definition) is 2. The van der Waals surface area contributed by atoms with Crippen molar-refractivity contribution in [1.82, 2.24) is 15.3 Å². The van der Waals surface area contributed by atoms with E-state index < -0.39 is 0 Å². The highest BCUT2D eigenvalue weighted by atomic mass is 16.1. The molecule has 0 unspecified atom stereocenters. The number of aromatic nitrogens is 2. The quantitative estimate of drug-likeness (QED) is 0.857. The fourth-order valence-electron chi connectivity index (χ4n) is 2.24. The standard InChI is InChI=1S/C17H23N3O/c1-12(2)10-18-11-15-9-17(21)20-16(19-15)8-14-6-4-5-13(3)7-14/h4-7,9,12,18H,8,10-11H2,1-3H3,(H,19,20,21). The van der Waals surface area contributed by atoms with Gasteiger partial charge in [-0.15, -0.1) is 0 Å². The zero-order valence-corrected chi connectivity index (χ0v) is 12.9. The Hall–Kier alpha value is -1.94. The maximum atomic E-state index is 11.7. The summed E-state index contributed by atoms with van der Waals surface area (Å²) in [6.45, 7) is 7.92. The van der Waals surface area contributed by atoms with Gasteiger partial charge in [-0.1, -0.05) is 43.7 Å². The van der Waals surface area contributed by atoms with Gasteiger partial charge in [0.05, 0.1) is 5.69 Å². The Morgan fingerprint density at radius 2 is 2.10 bits per heavy atom. The van der Waals surface area contributed by atoms with Gasteiger partial charge in [-0.2, -0.15) is 0 Å². The lowest BCUT2D eigenvalue weighted by atomic mass is 10.1. The minimum atomic E-state index is -0.0889. The summed E-state index contributed by atoms with van der Waals surface area (Å²) >= 11 is 0. The summed E-state index contributed by atoms with van der Waals surface area (Å²) in [4.78, 5) is 19.1. The van der Waals surface area contributed by atoms with Crippen LogP contribution in [-0.2, 0) is 13.0 Å². The lowest BCUT2D eigenvalue weighted by molar-refractivity contribution is 0.547. The smallest absolute Gasteiger partial charge is 0.251 e. The van der Waals surface area contributed by atoms with Crippen molar-refractivity contribution in [2.24, 2.45) is 5.92 Å². The minimum Gasteiger partial charge on any atom is -0.311 e. The molecule has 2 rings (SSSR count). The summed E-state index contributed by atoms with van der Waals surface area (Å²) in [6.07, 6.45) is 0.648. The molecule has 4 heteroatoms. The third-order valence-electron chi connectivity index (χ3n) is 3.16. The number of nitrogens with one attached hydrogen (secondary N) is 2. The Labute approximate surface area is 125 Å². The lowest BCUT2D eigenvalue weighted by Gasteiger charge is -2.08. The van der Waals surface area contributed by atoms with E-state index in [0.717, 1.165) is 23.6 Å². The van der Waals surface area contributed by atoms with E-state index in [1.165, 1.54) is 5.56 Å². The summed E-state index contributed by atoms with van der Waals surface area (Å²) in [5.74, 6) is 1.30. The van der Waals surface area contributed by atoms with E-state index >= 15 is 0 Å². The van der Waals surface area contributed by atoms with Gasteiger partial charge < -0.3 is 10.3 Å². The lowest BCUT2D eigenvalue weighted by Crippen LogP contribution is -2.22. The van der Waals surface area contributed by atoms with Gasteiger partial charge in [-0.25, -0.2) is 4.98 Å². The van der Waals surface area contributed by atoms with E-state index in [0.29, 0.717) is 18.9 Å². The van der Waals surface area contributed by atoms with Crippen molar-refractivity contribution >= 4 is 0 Å². The third kappa shape index (κ3) is 5.16. The van der Waals surface area contributed by atoms with Crippen molar-refractivity contribution in [1.29, 1.82) is 0 Å². The Morgan fingerprint density at radius 3 is 2.81 bits per heavy atom. The first kappa shape index (κ1) is 15.4. The molecule has 4 nitrogen and oxygen atoms in total. The summed E-state index contributed by atoms with van der Waals surface area (Å²) in [5, 5.41) is 3.31. The van der Waals surface area contributed by atoms with Crippen molar-refractivity contribution in [3.8, 4) is 0 Å². The SMILES string of the molecule is Cc1cccc(Cc2nc(CNCC(C)C)cc(=O)[nH]2)c1. The minimum absolute atomic E-state index is 0.0889. The van der Waals surface area contributed by atoms with Gasteiger partial charge in [0.2, 0.25) is 0 Å². The normalized spacial score (nSPS) is 11.0. The Morgan fingerprint density at radius 1 is 1.29 bits per heavy atom. The predicted octanol–water partition coefficient (Wildman–Crippen LogP) is 2.41. The zero-order valence-electron chi connectivity index (χ0n) is 12.9. The molecule has 0 saturated heterocycles. The van der Waals surface area contributed by atoms with Crippen LogP contribution in [0.4, 0.5) is 0 Å². The summed E-state index contributed by atoms with van der Waals surface area (Å²) in [6, 6.07) is 9.82. The molecule has 2 N–H and O–H groups in total. The number of rotatable bonds is 6. The predicted molar refractivity (Wildman–Crippen MR) is 85.4 cm³/mol. The van der Waals surface area contributed by atoms with Gasteiger partial charge in [-0.3, -0.25) is 4.79 Å². The summed E-state index contributed by atoms with van der Waals surface area (Å²) < 4.78 is 0. The van der Waals surface area contributed by atoms with Gasteiger partial charge in [0.15, 0.2) is 0 Å². The molecule has 112 valence electrons. The van der Waals surface area contributed by atoms with E-state index in [1.54, 1.807) is 6.07 Å². The van der Waals surface area contributed by atoms with Crippen molar-refractivity contribution < 1.29 is 0 Å². The van der Waals surface area contributed by atoms with Gasteiger partial charge in [0.25, 0.3) is 5.56 Å². The molecule has 0 saturated carbocycles. The number of H-pyrrole nitrogens is 1. The van der Waals surface area contributed by atoms with Crippen molar-refractivity contribution in [2.75, 3.05) is 6.54 Å². The fourth-order valence-corrected chi connectivity index (χ4v) is 2.24. The molecule has 1 aromatic heterocycles. The first-order valence-corrected chi connectivity index (χ1v) is 7.38. The van der Waals surface area contributed by atoms with Crippen LogP contribution in [0.2, 0.25) is 0 Å². The number of hydrogen-bond acceptors (Lipinski definition) is 3. The van der Waals surface area contributed by atoms with Crippen LogP contribution in [0.15, 0.2) is 35.1 Å². The first-order chi connectivity index (χ1) is 10.0. The van der Waals surface area contributed by atoms with Crippen LogP contribution in [0.25, 0.3) is 0 Å².